The highest BCUT2D eigenvalue weighted by Gasteiger charge is 2.12. The summed E-state index contributed by atoms with van der Waals surface area (Å²) in [7, 11) is 0. The van der Waals surface area contributed by atoms with Gasteiger partial charge in [0.2, 0.25) is 0 Å². The number of rotatable bonds is 4. The summed E-state index contributed by atoms with van der Waals surface area (Å²) in [6.07, 6.45) is 6.18. The van der Waals surface area contributed by atoms with Gasteiger partial charge in [0.25, 0.3) is 0 Å². The normalized spacial score (nSPS) is 12.6. The number of aliphatic hydroxyl groups excluding tert-OH is 1. The fraction of sp³-hybridized carbons (Fsp3) is 0.333. The lowest BCUT2D eigenvalue weighted by Gasteiger charge is -2.06. The number of hydrogen-bond donors (Lipinski definition) is 2. The molecule has 0 aromatic carbocycles. The van der Waals surface area contributed by atoms with E-state index in [-0.39, 0.29) is 12.5 Å². The molecule has 0 aliphatic carbocycles. The molecule has 1 unspecified atom stereocenters. The Morgan fingerprint density at radius 1 is 1.44 bits per heavy atom. The van der Waals surface area contributed by atoms with Crippen molar-refractivity contribution < 1.29 is 5.11 Å². The van der Waals surface area contributed by atoms with E-state index in [0.29, 0.717) is 0 Å². The van der Waals surface area contributed by atoms with Crippen LogP contribution in [-0.2, 0) is 0 Å². The first-order valence-corrected chi connectivity index (χ1v) is 5.41. The van der Waals surface area contributed by atoms with Crippen LogP contribution in [0.2, 0.25) is 0 Å². The smallest absolute Gasteiger partial charge is 0.111 e. The van der Waals surface area contributed by atoms with Crippen molar-refractivity contribution in [3.05, 3.63) is 36.5 Å². The number of nitrogens with zero attached hydrogens (tertiary/aromatic N) is 2. The van der Waals surface area contributed by atoms with Crippen molar-refractivity contribution in [3.63, 3.8) is 0 Å². The molecule has 2 rings (SSSR count). The third-order valence-electron chi connectivity index (χ3n) is 2.67. The van der Waals surface area contributed by atoms with Gasteiger partial charge >= 0.3 is 0 Å². The topological polar surface area (TPSA) is 61.8 Å². The minimum absolute atomic E-state index is 0.0884. The maximum Gasteiger partial charge on any atom is 0.111 e. The molecule has 0 amide bonds. The van der Waals surface area contributed by atoms with Gasteiger partial charge in [0.1, 0.15) is 5.82 Å². The number of aromatic amines is 1. The third kappa shape index (κ3) is 2.12. The molecule has 2 N–H and O–H groups in total. The highest BCUT2D eigenvalue weighted by molar-refractivity contribution is 5.56. The van der Waals surface area contributed by atoms with Crippen molar-refractivity contribution in [3.8, 4) is 11.3 Å². The van der Waals surface area contributed by atoms with Crippen LogP contribution in [0, 0.1) is 0 Å². The quantitative estimate of drug-likeness (QED) is 0.822. The van der Waals surface area contributed by atoms with Crippen LogP contribution in [0.25, 0.3) is 11.3 Å². The van der Waals surface area contributed by atoms with Gasteiger partial charge in [-0.3, -0.25) is 4.98 Å². The molecule has 0 saturated carbocycles. The Bertz CT molecular complexity index is 435. The van der Waals surface area contributed by atoms with Crippen molar-refractivity contribution in [2.75, 3.05) is 6.61 Å². The number of nitrogens with one attached hydrogen (secondary N) is 1. The summed E-state index contributed by atoms with van der Waals surface area (Å²) in [6, 6.07) is 3.86. The van der Waals surface area contributed by atoms with E-state index in [9.17, 15) is 5.11 Å². The summed E-state index contributed by atoms with van der Waals surface area (Å²) in [4.78, 5) is 11.6. The summed E-state index contributed by atoms with van der Waals surface area (Å²) in [6.45, 7) is 2.16. The molecule has 4 nitrogen and oxygen atoms in total. The first-order valence-electron chi connectivity index (χ1n) is 5.41. The van der Waals surface area contributed by atoms with Gasteiger partial charge in [0, 0.05) is 23.9 Å². The summed E-state index contributed by atoms with van der Waals surface area (Å²) in [5, 5.41) is 9.19. The molecule has 0 spiro atoms. The van der Waals surface area contributed by atoms with Crippen LogP contribution >= 0.6 is 0 Å². The molecule has 0 radical (unpaired) electrons. The Morgan fingerprint density at radius 2 is 2.31 bits per heavy atom. The molecule has 0 saturated heterocycles. The van der Waals surface area contributed by atoms with E-state index >= 15 is 0 Å². The van der Waals surface area contributed by atoms with Crippen molar-refractivity contribution in [1.82, 2.24) is 15.0 Å². The Morgan fingerprint density at radius 3 is 2.94 bits per heavy atom. The lowest BCUT2D eigenvalue weighted by Crippen LogP contribution is -2.04. The third-order valence-corrected chi connectivity index (χ3v) is 2.67. The van der Waals surface area contributed by atoms with Gasteiger partial charge in [-0.05, 0) is 18.6 Å². The minimum Gasteiger partial charge on any atom is -0.396 e. The van der Waals surface area contributed by atoms with E-state index in [1.807, 2.05) is 19.1 Å². The van der Waals surface area contributed by atoms with Crippen LogP contribution in [0.4, 0.5) is 0 Å². The second kappa shape index (κ2) is 4.90. The fourth-order valence-corrected chi connectivity index (χ4v) is 1.62. The molecular formula is C12H15N3O. The highest BCUT2D eigenvalue weighted by Crippen LogP contribution is 2.20. The first kappa shape index (κ1) is 10.8. The van der Waals surface area contributed by atoms with Crippen LogP contribution in [0.3, 0.4) is 0 Å². The monoisotopic (exact) mass is 217 g/mol. The van der Waals surface area contributed by atoms with E-state index in [0.717, 1.165) is 23.5 Å². The van der Waals surface area contributed by atoms with E-state index in [1.165, 1.54) is 0 Å². The van der Waals surface area contributed by atoms with Crippen molar-refractivity contribution in [1.29, 1.82) is 0 Å². The molecule has 0 fully saturated rings. The summed E-state index contributed by atoms with van der Waals surface area (Å²) >= 11 is 0. The Hall–Kier alpha value is -1.68. The molecule has 2 aromatic heterocycles. The summed E-state index contributed by atoms with van der Waals surface area (Å²) < 4.78 is 0. The van der Waals surface area contributed by atoms with E-state index in [4.69, 9.17) is 0 Å². The molecule has 84 valence electrons. The fourth-order valence-electron chi connectivity index (χ4n) is 1.62. The molecule has 0 aliphatic heterocycles. The molecule has 0 aliphatic rings. The standard InChI is InChI=1S/C12H15N3O/c1-2-9(8-16)12-14-7-11(15-12)10-4-3-5-13-6-10/h3-7,9,16H,2,8H2,1H3,(H,14,15). The van der Waals surface area contributed by atoms with E-state index in [1.54, 1.807) is 18.6 Å². The van der Waals surface area contributed by atoms with Crippen LogP contribution in [0.1, 0.15) is 25.1 Å². The molecule has 16 heavy (non-hydrogen) atoms. The zero-order valence-corrected chi connectivity index (χ0v) is 9.22. The lowest BCUT2D eigenvalue weighted by atomic mass is 10.1. The zero-order valence-electron chi connectivity index (χ0n) is 9.22. The average Bonchev–Trinajstić information content (AvgIpc) is 2.81. The van der Waals surface area contributed by atoms with Crippen molar-refractivity contribution in [2.45, 2.75) is 19.3 Å². The van der Waals surface area contributed by atoms with E-state index < -0.39 is 0 Å². The number of aliphatic hydroxyl groups is 1. The van der Waals surface area contributed by atoms with Gasteiger partial charge < -0.3 is 10.1 Å². The predicted molar refractivity (Wildman–Crippen MR) is 61.9 cm³/mol. The summed E-state index contributed by atoms with van der Waals surface area (Å²) in [5.41, 5.74) is 1.95. The number of pyridine rings is 1. The number of H-pyrrole nitrogens is 1. The van der Waals surface area contributed by atoms with Crippen molar-refractivity contribution >= 4 is 0 Å². The maximum atomic E-state index is 9.19. The van der Waals surface area contributed by atoms with Gasteiger partial charge in [-0.15, -0.1) is 0 Å². The molecular weight excluding hydrogens is 202 g/mol. The zero-order chi connectivity index (χ0) is 11.4. The predicted octanol–water partition coefficient (Wildman–Crippen LogP) is 1.96. The van der Waals surface area contributed by atoms with Crippen LogP contribution < -0.4 is 0 Å². The van der Waals surface area contributed by atoms with Gasteiger partial charge in [0.05, 0.1) is 18.5 Å². The second-order valence-corrected chi connectivity index (χ2v) is 3.71. The van der Waals surface area contributed by atoms with Crippen LogP contribution in [0.15, 0.2) is 30.7 Å². The van der Waals surface area contributed by atoms with Gasteiger partial charge in [0.15, 0.2) is 0 Å². The molecule has 2 heterocycles. The highest BCUT2D eigenvalue weighted by atomic mass is 16.3. The minimum atomic E-state index is 0.0884. The largest absolute Gasteiger partial charge is 0.396 e. The molecule has 2 aromatic rings. The number of hydrogen-bond acceptors (Lipinski definition) is 3. The second-order valence-electron chi connectivity index (χ2n) is 3.71. The van der Waals surface area contributed by atoms with Gasteiger partial charge in [-0.25, -0.2) is 4.98 Å². The Kier molecular flexibility index (Phi) is 3.31. The number of aromatic nitrogens is 3. The Balaban J connectivity index is 2.26. The van der Waals surface area contributed by atoms with Gasteiger partial charge in [-0.2, -0.15) is 0 Å². The molecule has 1 atom stereocenters. The number of imidazole rings is 1. The molecule has 4 heteroatoms. The van der Waals surface area contributed by atoms with Gasteiger partial charge in [-0.1, -0.05) is 6.92 Å². The molecule has 0 bridgehead atoms. The Labute approximate surface area is 94.4 Å². The van der Waals surface area contributed by atoms with Crippen LogP contribution in [0.5, 0.6) is 0 Å². The van der Waals surface area contributed by atoms with E-state index in [2.05, 4.69) is 15.0 Å². The van der Waals surface area contributed by atoms with Crippen molar-refractivity contribution in [2.24, 2.45) is 0 Å². The average molecular weight is 217 g/mol. The first-order chi connectivity index (χ1) is 7.85. The summed E-state index contributed by atoms with van der Waals surface area (Å²) in [5.74, 6) is 0.925. The SMILES string of the molecule is CCC(CO)c1ncc(-c2cccnc2)[nH]1. The van der Waals surface area contributed by atoms with Crippen LogP contribution in [-0.4, -0.2) is 26.7 Å². The maximum absolute atomic E-state index is 9.19. The lowest BCUT2D eigenvalue weighted by molar-refractivity contribution is 0.258.